The van der Waals surface area contributed by atoms with E-state index in [1.807, 2.05) is 0 Å². The number of primary amides is 1. The van der Waals surface area contributed by atoms with Crippen LogP contribution in [0.5, 0.6) is 0 Å². The Hall–Kier alpha value is -2.93. The largest absolute Gasteiger partial charge is 0.370 e. The maximum atomic E-state index is 13.7. The van der Waals surface area contributed by atoms with Gasteiger partial charge in [0, 0.05) is 6.54 Å². The third-order valence-corrected chi connectivity index (χ3v) is 8.76. The molecule has 2 aliphatic rings. The molecule has 13 N–H and O–H groups in total. The maximum absolute atomic E-state index is 13.7. The molecule has 4 amide bonds. The van der Waals surface area contributed by atoms with Crippen LogP contribution in [-0.2, 0) is 19.2 Å². The van der Waals surface area contributed by atoms with Crippen molar-refractivity contribution >= 4 is 29.6 Å². The van der Waals surface area contributed by atoms with E-state index < -0.39 is 47.8 Å². The van der Waals surface area contributed by atoms with Gasteiger partial charge in [0.1, 0.15) is 18.1 Å². The quantitative estimate of drug-likeness (QED) is 0.0577. The van der Waals surface area contributed by atoms with E-state index in [1.54, 1.807) is 0 Å². The molecule has 0 spiro atoms. The van der Waals surface area contributed by atoms with E-state index in [0.29, 0.717) is 51.0 Å². The van der Waals surface area contributed by atoms with Crippen LogP contribution in [0.25, 0.3) is 0 Å². The molecule has 43 heavy (non-hydrogen) atoms. The minimum absolute atomic E-state index is 0.0563. The number of hydrogen-bond acceptors (Lipinski definition) is 7. The number of aliphatic imine (C=N–C) groups is 1. The molecule has 4 atom stereocenters. The first-order chi connectivity index (χ1) is 20.6. The molecule has 0 aromatic heterocycles. The summed E-state index contributed by atoms with van der Waals surface area (Å²) in [6, 6.07) is -3.42. The molecule has 0 aromatic carbocycles. The maximum Gasteiger partial charge on any atom is 0.243 e. The standard InChI is InChI=1S/C30H57N9O4/c31-16-8-7-14-23(26(33)40)37-29(43)25(19-21-12-5-2-6-13-21)39-28(42)24(15-9-17-36-30(34)35)38-27(41)22(32)18-20-10-3-1-4-11-20/h20-25H,1-19,31-32H2,(H2,33,40)(H,37,43)(H,38,41)(H,39,42)(H4,34,35,36)/t22-,23-,24-,25-/m0/s1. The zero-order valence-corrected chi connectivity index (χ0v) is 25.9. The van der Waals surface area contributed by atoms with Gasteiger partial charge in [-0.1, -0.05) is 64.2 Å². The summed E-state index contributed by atoms with van der Waals surface area (Å²) < 4.78 is 0. The second kappa shape index (κ2) is 20.1. The van der Waals surface area contributed by atoms with Crippen LogP contribution in [0.15, 0.2) is 4.99 Å². The van der Waals surface area contributed by atoms with Crippen molar-refractivity contribution in [3.8, 4) is 0 Å². The number of rotatable bonds is 19. The first kappa shape index (κ1) is 36.3. The zero-order chi connectivity index (χ0) is 31.6. The normalized spacial score (nSPS) is 18.9. The number of guanidine groups is 1. The molecular weight excluding hydrogens is 550 g/mol. The van der Waals surface area contributed by atoms with E-state index in [-0.39, 0.29) is 24.8 Å². The molecule has 0 aromatic rings. The van der Waals surface area contributed by atoms with Gasteiger partial charge in [-0.05, 0) is 63.3 Å². The van der Waals surface area contributed by atoms with Gasteiger partial charge < -0.3 is 44.6 Å². The molecule has 0 bridgehead atoms. The number of hydrogen-bond donors (Lipinski definition) is 8. The molecule has 0 saturated heterocycles. The average molecular weight is 608 g/mol. The number of amides is 4. The van der Waals surface area contributed by atoms with E-state index in [1.165, 1.54) is 6.42 Å². The minimum Gasteiger partial charge on any atom is -0.370 e. The Kier molecular flexibility index (Phi) is 17.0. The number of nitrogens with zero attached hydrogens (tertiary/aromatic N) is 1. The summed E-state index contributed by atoms with van der Waals surface area (Å²) in [6.07, 6.45) is 14.2. The van der Waals surface area contributed by atoms with Gasteiger partial charge in [-0.25, -0.2) is 0 Å². The van der Waals surface area contributed by atoms with Gasteiger partial charge in [0.25, 0.3) is 0 Å². The summed E-state index contributed by atoms with van der Waals surface area (Å²) in [4.78, 5) is 56.4. The predicted molar refractivity (Wildman–Crippen MR) is 168 cm³/mol. The summed E-state index contributed by atoms with van der Waals surface area (Å²) in [6.45, 7) is 0.756. The number of nitrogens with one attached hydrogen (secondary N) is 3. The fourth-order valence-electron chi connectivity index (χ4n) is 6.25. The summed E-state index contributed by atoms with van der Waals surface area (Å²) in [7, 11) is 0. The predicted octanol–water partition coefficient (Wildman–Crippen LogP) is 0.377. The van der Waals surface area contributed by atoms with Crippen molar-refractivity contribution in [2.24, 2.45) is 45.5 Å². The fraction of sp³-hybridized carbons (Fsp3) is 0.833. The van der Waals surface area contributed by atoms with Crippen LogP contribution in [0.3, 0.4) is 0 Å². The van der Waals surface area contributed by atoms with Crippen LogP contribution in [0.4, 0.5) is 0 Å². The lowest BCUT2D eigenvalue weighted by Crippen LogP contribution is -2.58. The van der Waals surface area contributed by atoms with Gasteiger partial charge in [0.2, 0.25) is 23.6 Å². The molecular formula is C30H57N9O4. The molecule has 246 valence electrons. The molecule has 0 unspecified atom stereocenters. The van der Waals surface area contributed by atoms with Crippen molar-refractivity contribution in [2.45, 2.75) is 133 Å². The lowest BCUT2D eigenvalue weighted by atomic mass is 9.84. The third-order valence-electron chi connectivity index (χ3n) is 8.76. The van der Waals surface area contributed by atoms with Crippen LogP contribution in [0.1, 0.15) is 109 Å². The van der Waals surface area contributed by atoms with E-state index in [4.69, 9.17) is 28.7 Å². The SMILES string of the molecule is NCCCC[C@H](NC(=O)[C@H](CC1CCCCC1)NC(=O)[C@H](CCCN=C(N)N)NC(=O)[C@@H](N)CC1CCCCC1)C(N)=O. The van der Waals surface area contributed by atoms with Crippen LogP contribution in [0, 0.1) is 11.8 Å². The number of carbonyl (C=O) groups is 4. The minimum atomic E-state index is -0.933. The molecule has 0 heterocycles. The van der Waals surface area contributed by atoms with Crippen LogP contribution in [0.2, 0.25) is 0 Å². The molecule has 0 radical (unpaired) electrons. The van der Waals surface area contributed by atoms with Gasteiger partial charge in [-0.3, -0.25) is 24.2 Å². The van der Waals surface area contributed by atoms with Crippen LogP contribution >= 0.6 is 0 Å². The van der Waals surface area contributed by atoms with E-state index in [0.717, 1.165) is 57.8 Å². The summed E-state index contributed by atoms with van der Waals surface area (Å²) in [5.74, 6) is -1.38. The summed E-state index contributed by atoms with van der Waals surface area (Å²) >= 11 is 0. The second-order valence-electron chi connectivity index (χ2n) is 12.4. The van der Waals surface area contributed by atoms with Crippen molar-refractivity contribution in [3.63, 3.8) is 0 Å². The van der Waals surface area contributed by atoms with Crippen molar-refractivity contribution < 1.29 is 19.2 Å². The van der Waals surface area contributed by atoms with E-state index in [9.17, 15) is 19.2 Å². The highest BCUT2D eigenvalue weighted by Crippen LogP contribution is 2.28. The smallest absolute Gasteiger partial charge is 0.243 e. The van der Waals surface area contributed by atoms with Crippen molar-refractivity contribution in [1.82, 2.24) is 16.0 Å². The fourth-order valence-corrected chi connectivity index (χ4v) is 6.25. The van der Waals surface area contributed by atoms with Gasteiger partial charge in [0.05, 0.1) is 6.04 Å². The Labute approximate surface area is 256 Å². The highest BCUT2D eigenvalue weighted by molar-refractivity contribution is 5.94. The molecule has 2 aliphatic carbocycles. The first-order valence-electron chi connectivity index (χ1n) is 16.3. The van der Waals surface area contributed by atoms with Crippen LogP contribution < -0.4 is 44.6 Å². The van der Waals surface area contributed by atoms with Crippen molar-refractivity contribution in [3.05, 3.63) is 0 Å². The highest BCUT2D eigenvalue weighted by Gasteiger charge is 2.32. The Morgan fingerprint density at radius 2 is 1.16 bits per heavy atom. The monoisotopic (exact) mass is 607 g/mol. The number of carbonyl (C=O) groups excluding carboxylic acids is 4. The van der Waals surface area contributed by atoms with E-state index in [2.05, 4.69) is 20.9 Å². The van der Waals surface area contributed by atoms with Gasteiger partial charge >= 0.3 is 0 Å². The third kappa shape index (κ3) is 14.4. The van der Waals surface area contributed by atoms with Crippen molar-refractivity contribution in [2.75, 3.05) is 13.1 Å². The summed E-state index contributed by atoms with van der Waals surface area (Å²) in [5, 5.41) is 8.47. The average Bonchev–Trinajstić information content (AvgIpc) is 2.98. The lowest BCUT2D eigenvalue weighted by molar-refractivity contribution is -0.134. The lowest BCUT2D eigenvalue weighted by Gasteiger charge is -2.29. The Bertz CT molecular complexity index is 900. The second-order valence-corrected chi connectivity index (χ2v) is 12.4. The van der Waals surface area contributed by atoms with Crippen LogP contribution in [-0.4, -0.2) is 66.8 Å². The Morgan fingerprint density at radius 3 is 1.72 bits per heavy atom. The summed E-state index contributed by atoms with van der Waals surface area (Å²) in [5.41, 5.74) is 28.3. The number of unbranched alkanes of at least 4 members (excludes halogenated alkanes) is 1. The van der Waals surface area contributed by atoms with Gasteiger partial charge in [-0.2, -0.15) is 0 Å². The van der Waals surface area contributed by atoms with E-state index >= 15 is 0 Å². The highest BCUT2D eigenvalue weighted by atomic mass is 16.2. The molecule has 2 saturated carbocycles. The molecule has 13 heteroatoms. The van der Waals surface area contributed by atoms with Gasteiger partial charge in [0.15, 0.2) is 5.96 Å². The van der Waals surface area contributed by atoms with Gasteiger partial charge in [-0.15, -0.1) is 0 Å². The molecule has 2 fully saturated rings. The molecule has 2 rings (SSSR count). The first-order valence-corrected chi connectivity index (χ1v) is 16.3. The zero-order valence-electron chi connectivity index (χ0n) is 25.9. The molecule has 0 aliphatic heterocycles. The number of nitrogens with two attached hydrogens (primary N) is 5. The Balaban J connectivity index is 2.15. The topological polar surface area (TPSA) is 247 Å². The molecule has 13 nitrogen and oxygen atoms in total. The Morgan fingerprint density at radius 1 is 0.651 bits per heavy atom. The van der Waals surface area contributed by atoms with Crippen molar-refractivity contribution in [1.29, 1.82) is 0 Å².